The second-order valence-corrected chi connectivity index (χ2v) is 5.37. The van der Waals surface area contributed by atoms with Gasteiger partial charge in [-0.05, 0) is 43.2 Å². The van der Waals surface area contributed by atoms with Gasteiger partial charge in [-0.25, -0.2) is 0 Å². The Morgan fingerprint density at radius 3 is 2.65 bits per heavy atom. The van der Waals surface area contributed by atoms with Crippen LogP contribution < -0.4 is 5.32 Å². The van der Waals surface area contributed by atoms with Gasteiger partial charge in [0.15, 0.2) is 0 Å². The highest BCUT2D eigenvalue weighted by Crippen LogP contribution is 2.41. The zero-order valence-corrected chi connectivity index (χ0v) is 9.99. The van der Waals surface area contributed by atoms with Crippen LogP contribution in [0.25, 0.3) is 0 Å². The molecule has 1 amide bonds. The van der Waals surface area contributed by atoms with E-state index in [1.165, 1.54) is 32.1 Å². The number of fused-ring (bicyclic) bond motifs is 3. The summed E-state index contributed by atoms with van der Waals surface area (Å²) < 4.78 is 0. The van der Waals surface area contributed by atoms with Crippen LogP contribution in [0.4, 0.5) is 0 Å². The van der Waals surface area contributed by atoms with Crippen molar-refractivity contribution < 1.29 is 4.79 Å². The minimum absolute atomic E-state index is 0.0446. The van der Waals surface area contributed by atoms with Crippen molar-refractivity contribution >= 4 is 5.91 Å². The van der Waals surface area contributed by atoms with Gasteiger partial charge >= 0.3 is 0 Å². The monoisotopic (exact) mass is 228 g/mol. The molecular formula is C15H18NO. The quantitative estimate of drug-likeness (QED) is 0.828. The second kappa shape index (κ2) is 4.52. The molecule has 0 spiro atoms. The van der Waals surface area contributed by atoms with Crippen molar-refractivity contribution in [3.8, 4) is 0 Å². The van der Waals surface area contributed by atoms with Crippen molar-refractivity contribution in [2.24, 2.45) is 11.8 Å². The van der Waals surface area contributed by atoms with Crippen molar-refractivity contribution in [1.29, 1.82) is 0 Å². The van der Waals surface area contributed by atoms with E-state index in [0.717, 1.165) is 5.92 Å². The number of benzene rings is 1. The Balaban J connectivity index is 1.66. The number of carbonyl (C=O) groups excluding carboxylic acids is 1. The molecule has 1 N–H and O–H groups in total. The molecule has 3 fully saturated rings. The Morgan fingerprint density at radius 2 is 2.06 bits per heavy atom. The van der Waals surface area contributed by atoms with Crippen molar-refractivity contribution in [3.63, 3.8) is 0 Å². The van der Waals surface area contributed by atoms with Crippen LogP contribution in [0.3, 0.4) is 0 Å². The van der Waals surface area contributed by atoms with Gasteiger partial charge in [-0.2, -0.15) is 0 Å². The molecule has 3 aliphatic carbocycles. The third kappa shape index (κ3) is 2.21. The number of hydrogen-bond donors (Lipinski definition) is 1. The first-order valence-electron chi connectivity index (χ1n) is 6.60. The topological polar surface area (TPSA) is 29.1 Å². The van der Waals surface area contributed by atoms with Crippen molar-refractivity contribution in [2.45, 2.75) is 38.1 Å². The van der Waals surface area contributed by atoms with Crippen LogP contribution in [0.5, 0.6) is 0 Å². The molecule has 2 nitrogen and oxygen atoms in total. The molecule has 0 aromatic heterocycles. The first-order chi connectivity index (χ1) is 8.33. The molecule has 1 aromatic rings. The molecule has 1 atom stereocenters. The molecule has 3 saturated carbocycles. The van der Waals surface area contributed by atoms with Gasteiger partial charge in [0.05, 0.1) is 0 Å². The van der Waals surface area contributed by atoms with E-state index >= 15 is 0 Å². The summed E-state index contributed by atoms with van der Waals surface area (Å²) in [5, 5.41) is 3.20. The van der Waals surface area contributed by atoms with Crippen LogP contribution in [-0.2, 0) is 0 Å². The van der Waals surface area contributed by atoms with Gasteiger partial charge < -0.3 is 5.32 Å². The Labute approximate surface area is 102 Å². The minimum Gasteiger partial charge on any atom is -0.349 e. The SMILES string of the molecule is O=C(NC1CC2CCC1CC2)c1[c]cccc1. The molecule has 1 radical (unpaired) electrons. The molecule has 0 aliphatic heterocycles. The summed E-state index contributed by atoms with van der Waals surface area (Å²) >= 11 is 0. The minimum atomic E-state index is 0.0446. The molecule has 3 aliphatic rings. The summed E-state index contributed by atoms with van der Waals surface area (Å²) in [6.07, 6.45) is 6.52. The number of rotatable bonds is 2. The van der Waals surface area contributed by atoms with E-state index in [9.17, 15) is 4.79 Å². The maximum Gasteiger partial charge on any atom is 0.252 e. The smallest absolute Gasteiger partial charge is 0.252 e. The molecular weight excluding hydrogens is 210 g/mol. The molecule has 4 rings (SSSR count). The molecule has 0 heterocycles. The Bertz CT molecular complexity index is 393. The molecule has 89 valence electrons. The van der Waals surface area contributed by atoms with Crippen LogP contribution in [0.1, 0.15) is 42.5 Å². The van der Waals surface area contributed by atoms with E-state index in [0.29, 0.717) is 17.5 Å². The average Bonchev–Trinajstić information content (AvgIpc) is 2.41. The zero-order valence-electron chi connectivity index (χ0n) is 9.99. The van der Waals surface area contributed by atoms with E-state index < -0.39 is 0 Å². The van der Waals surface area contributed by atoms with Gasteiger partial charge in [0.2, 0.25) is 0 Å². The van der Waals surface area contributed by atoms with Crippen molar-refractivity contribution in [3.05, 3.63) is 35.9 Å². The number of nitrogens with one attached hydrogen (secondary N) is 1. The fourth-order valence-corrected chi connectivity index (χ4v) is 3.34. The summed E-state index contributed by atoms with van der Waals surface area (Å²) in [7, 11) is 0. The van der Waals surface area contributed by atoms with E-state index in [-0.39, 0.29) is 5.91 Å². The summed E-state index contributed by atoms with van der Waals surface area (Å²) in [6, 6.07) is 10.8. The van der Waals surface area contributed by atoms with Gasteiger partial charge in [0, 0.05) is 11.6 Å². The van der Waals surface area contributed by atoms with Crippen LogP contribution in [0.2, 0.25) is 0 Å². The molecule has 1 unspecified atom stereocenters. The number of carbonyl (C=O) groups is 1. The Morgan fingerprint density at radius 1 is 1.24 bits per heavy atom. The van der Waals surface area contributed by atoms with Gasteiger partial charge in [-0.15, -0.1) is 0 Å². The lowest BCUT2D eigenvalue weighted by atomic mass is 9.68. The fourth-order valence-electron chi connectivity index (χ4n) is 3.34. The predicted octanol–water partition coefficient (Wildman–Crippen LogP) is 2.80. The summed E-state index contributed by atoms with van der Waals surface area (Å²) in [5.41, 5.74) is 0.661. The Kier molecular flexibility index (Phi) is 2.87. The highest BCUT2D eigenvalue weighted by molar-refractivity contribution is 5.94. The largest absolute Gasteiger partial charge is 0.349 e. The van der Waals surface area contributed by atoms with Crippen LogP contribution in [0.15, 0.2) is 24.3 Å². The number of amides is 1. The molecule has 1 aromatic carbocycles. The fraction of sp³-hybridized carbons (Fsp3) is 0.533. The summed E-state index contributed by atoms with van der Waals surface area (Å²) in [6.45, 7) is 0. The second-order valence-electron chi connectivity index (χ2n) is 5.37. The molecule has 2 bridgehead atoms. The first-order valence-corrected chi connectivity index (χ1v) is 6.60. The third-order valence-corrected chi connectivity index (χ3v) is 4.32. The van der Waals surface area contributed by atoms with E-state index in [4.69, 9.17) is 0 Å². The van der Waals surface area contributed by atoms with Gasteiger partial charge in [0.25, 0.3) is 5.91 Å². The lowest BCUT2D eigenvalue weighted by Crippen LogP contribution is -2.47. The standard InChI is InChI=1S/C15H18NO/c17-15(13-4-2-1-3-5-13)16-14-10-11-6-8-12(14)9-7-11/h1-4,11-12,14H,6-10H2,(H,16,17). The zero-order chi connectivity index (χ0) is 11.7. The highest BCUT2D eigenvalue weighted by Gasteiger charge is 2.36. The Hall–Kier alpha value is -1.31. The van der Waals surface area contributed by atoms with Crippen molar-refractivity contribution in [2.75, 3.05) is 0 Å². The molecule has 2 heteroatoms. The van der Waals surface area contributed by atoms with Crippen LogP contribution in [0, 0.1) is 17.9 Å². The predicted molar refractivity (Wildman–Crippen MR) is 66.6 cm³/mol. The normalized spacial score (nSPS) is 31.2. The maximum absolute atomic E-state index is 12.0. The van der Waals surface area contributed by atoms with Gasteiger partial charge in [-0.1, -0.05) is 31.0 Å². The molecule has 0 saturated heterocycles. The van der Waals surface area contributed by atoms with Gasteiger partial charge in [0.1, 0.15) is 0 Å². The van der Waals surface area contributed by atoms with Crippen LogP contribution >= 0.6 is 0 Å². The van der Waals surface area contributed by atoms with E-state index in [2.05, 4.69) is 11.4 Å². The lowest BCUT2D eigenvalue weighted by molar-refractivity contribution is 0.0810. The van der Waals surface area contributed by atoms with Crippen LogP contribution in [-0.4, -0.2) is 11.9 Å². The molecule has 17 heavy (non-hydrogen) atoms. The van der Waals surface area contributed by atoms with Crippen molar-refractivity contribution in [1.82, 2.24) is 5.32 Å². The first kappa shape index (κ1) is 10.8. The van der Waals surface area contributed by atoms with E-state index in [1.54, 1.807) is 6.07 Å². The lowest BCUT2D eigenvalue weighted by Gasteiger charge is -2.42. The maximum atomic E-state index is 12.0. The average molecular weight is 228 g/mol. The summed E-state index contributed by atoms with van der Waals surface area (Å²) in [5.74, 6) is 1.61. The third-order valence-electron chi connectivity index (χ3n) is 4.32. The highest BCUT2D eigenvalue weighted by atomic mass is 16.1. The van der Waals surface area contributed by atoms with E-state index in [1.807, 2.05) is 18.2 Å². The number of hydrogen-bond acceptors (Lipinski definition) is 1. The van der Waals surface area contributed by atoms with Gasteiger partial charge in [-0.3, -0.25) is 4.79 Å². The summed E-state index contributed by atoms with van der Waals surface area (Å²) in [4.78, 5) is 12.0.